The van der Waals surface area contributed by atoms with Crippen molar-refractivity contribution in [2.75, 3.05) is 5.88 Å². The molecule has 0 aliphatic carbocycles. The highest BCUT2D eigenvalue weighted by atomic mass is 32.2. The zero-order valence-electron chi connectivity index (χ0n) is 7.84. The van der Waals surface area contributed by atoms with Crippen LogP contribution in [0.15, 0.2) is 30.3 Å². The maximum Gasteiger partial charge on any atom is 0.329 e. The smallest absolute Gasteiger partial charge is 0.329 e. The summed E-state index contributed by atoms with van der Waals surface area (Å²) in [5.41, 5.74) is 2.86. The standard InChI is InChI=1S/C9H11NO4S/c11-9(14-10-7-15(12)13)6-8-4-2-1-3-5-8/h1-5,10H,6-7H2,(H,12,13)/p-1. The third-order valence-corrected chi connectivity index (χ3v) is 1.91. The Hall–Kier alpha value is -1.24. The molecule has 1 atom stereocenters. The molecule has 1 aromatic carbocycles. The molecule has 1 unspecified atom stereocenters. The largest absolute Gasteiger partial charge is 0.771 e. The van der Waals surface area contributed by atoms with Gasteiger partial charge in [-0.25, -0.2) is 0 Å². The van der Waals surface area contributed by atoms with Crippen LogP contribution in [0.2, 0.25) is 0 Å². The predicted octanol–water partition coefficient (Wildman–Crippen LogP) is 0.113. The van der Waals surface area contributed by atoms with Crippen LogP contribution in [0.4, 0.5) is 0 Å². The Bertz CT molecular complexity index is 341. The van der Waals surface area contributed by atoms with E-state index in [9.17, 15) is 13.6 Å². The van der Waals surface area contributed by atoms with Crippen molar-refractivity contribution in [2.24, 2.45) is 0 Å². The second-order valence-corrected chi connectivity index (χ2v) is 3.63. The van der Waals surface area contributed by atoms with E-state index in [1.807, 2.05) is 23.7 Å². The fourth-order valence-electron chi connectivity index (χ4n) is 0.957. The highest BCUT2D eigenvalue weighted by Crippen LogP contribution is 1.99. The van der Waals surface area contributed by atoms with Gasteiger partial charge in [-0.1, -0.05) is 30.3 Å². The van der Waals surface area contributed by atoms with E-state index >= 15 is 0 Å². The molecule has 1 aromatic rings. The summed E-state index contributed by atoms with van der Waals surface area (Å²) in [6.07, 6.45) is 0.110. The van der Waals surface area contributed by atoms with Crippen LogP contribution in [0, 0.1) is 0 Å². The number of carbonyl (C=O) groups excluding carboxylic acids is 1. The Kier molecular flexibility index (Phi) is 4.96. The number of carbonyl (C=O) groups is 1. The molecule has 0 aliphatic rings. The van der Waals surface area contributed by atoms with Crippen molar-refractivity contribution in [1.82, 2.24) is 5.48 Å². The third kappa shape index (κ3) is 5.26. The SMILES string of the molecule is O=C(Cc1ccccc1)ONCS(=O)[O-]. The van der Waals surface area contributed by atoms with Crippen LogP contribution in [0.1, 0.15) is 5.56 Å². The van der Waals surface area contributed by atoms with Crippen molar-refractivity contribution >= 4 is 17.0 Å². The molecule has 0 saturated heterocycles. The van der Waals surface area contributed by atoms with Crippen LogP contribution in [0.5, 0.6) is 0 Å². The van der Waals surface area contributed by atoms with Gasteiger partial charge in [0, 0.05) is 0 Å². The van der Waals surface area contributed by atoms with Gasteiger partial charge in [0.1, 0.15) is 0 Å². The lowest BCUT2D eigenvalue weighted by Crippen LogP contribution is -2.24. The van der Waals surface area contributed by atoms with Crippen LogP contribution in [0.3, 0.4) is 0 Å². The Labute approximate surface area is 89.7 Å². The molecule has 5 nitrogen and oxygen atoms in total. The van der Waals surface area contributed by atoms with Gasteiger partial charge >= 0.3 is 5.97 Å². The van der Waals surface area contributed by atoms with E-state index in [4.69, 9.17) is 0 Å². The number of nitrogens with one attached hydrogen (secondary N) is 1. The van der Waals surface area contributed by atoms with Gasteiger partial charge < -0.3 is 9.39 Å². The fraction of sp³-hybridized carbons (Fsp3) is 0.222. The molecule has 0 aromatic heterocycles. The Morgan fingerprint density at radius 3 is 2.67 bits per heavy atom. The van der Waals surface area contributed by atoms with Crippen molar-refractivity contribution in [3.8, 4) is 0 Å². The first-order valence-corrected chi connectivity index (χ1v) is 5.45. The van der Waals surface area contributed by atoms with Crippen LogP contribution in [-0.2, 0) is 27.1 Å². The number of hydroxylamine groups is 1. The summed E-state index contributed by atoms with van der Waals surface area (Å²) in [6, 6.07) is 9.03. The molecule has 6 heteroatoms. The minimum absolute atomic E-state index is 0.110. The van der Waals surface area contributed by atoms with Gasteiger partial charge in [-0.05, 0) is 16.6 Å². The molecule has 15 heavy (non-hydrogen) atoms. The molecular formula is C9H10NO4S-. The summed E-state index contributed by atoms with van der Waals surface area (Å²) in [7, 11) is 0. The Morgan fingerprint density at radius 1 is 1.40 bits per heavy atom. The van der Waals surface area contributed by atoms with E-state index in [0.29, 0.717) is 0 Å². The molecule has 0 heterocycles. The number of hydrogen-bond donors (Lipinski definition) is 1. The van der Waals surface area contributed by atoms with Crippen molar-refractivity contribution in [3.63, 3.8) is 0 Å². The van der Waals surface area contributed by atoms with E-state index in [-0.39, 0.29) is 6.42 Å². The van der Waals surface area contributed by atoms with Crippen molar-refractivity contribution in [1.29, 1.82) is 0 Å². The lowest BCUT2D eigenvalue weighted by atomic mass is 10.2. The van der Waals surface area contributed by atoms with Crippen molar-refractivity contribution in [3.05, 3.63) is 35.9 Å². The topological polar surface area (TPSA) is 78.5 Å². The molecule has 0 spiro atoms. The van der Waals surface area contributed by atoms with Gasteiger partial charge in [0.05, 0.1) is 12.3 Å². The third-order valence-electron chi connectivity index (χ3n) is 1.55. The van der Waals surface area contributed by atoms with E-state index in [1.54, 1.807) is 12.1 Å². The quantitative estimate of drug-likeness (QED) is 0.571. The number of hydrogen-bond acceptors (Lipinski definition) is 5. The molecule has 0 radical (unpaired) electrons. The first-order chi connectivity index (χ1) is 7.18. The zero-order chi connectivity index (χ0) is 11.1. The van der Waals surface area contributed by atoms with Gasteiger partial charge in [-0.15, -0.1) is 5.48 Å². The molecule has 0 fully saturated rings. The van der Waals surface area contributed by atoms with Crippen LogP contribution in [-0.4, -0.2) is 20.6 Å². The second kappa shape index (κ2) is 6.28. The number of rotatable bonds is 5. The maximum atomic E-state index is 11.1. The van der Waals surface area contributed by atoms with Crippen molar-refractivity contribution in [2.45, 2.75) is 6.42 Å². The normalized spacial score (nSPS) is 12.1. The molecule has 82 valence electrons. The predicted molar refractivity (Wildman–Crippen MR) is 53.2 cm³/mol. The van der Waals surface area contributed by atoms with Crippen LogP contribution >= 0.6 is 0 Å². The average molecular weight is 228 g/mol. The van der Waals surface area contributed by atoms with E-state index in [2.05, 4.69) is 4.84 Å². The molecule has 0 saturated carbocycles. The monoisotopic (exact) mass is 228 g/mol. The van der Waals surface area contributed by atoms with E-state index < -0.39 is 22.9 Å². The molecule has 0 bridgehead atoms. The zero-order valence-corrected chi connectivity index (χ0v) is 8.66. The first-order valence-electron chi connectivity index (χ1n) is 4.21. The van der Waals surface area contributed by atoms with Gasteiger partial charge in [-0.3, -0.25) is 9.00 Å². The summed E-state index contributed by atoms with van der Waals surface area (Å²) in [5.74, 6) is -0.924. The minimum Gasteiger partial charge on any atom is -0.771 e. The van der Waals surface area contributed by atoms with Crippen molar-refractivity contribution < 1.29 is 18.4 Å². The van der Waals surface area contributed by atoms with Gasteiger partial charge in [0.15, 0.2) is 0 Å². The Balaban J connectivity index is 2.28. The first kappa shape index (κ1) is 11.8. The summed E-state index contributed by atoms with van der Waals surface area (Å²) in [5, 5.41) is 0. The summed E-state index contributed by atoms with van der Waals surface area (Å²) in [4.78, 5) is 15.6. The van der Waals surface area contributed by atoms with E-state index in [1.165, 1.54) is 0 Å². The highest BCUT2D eigenvalue weighted by Gasteiger charge is 2.03. The molecule has 0 amide bonds. The minimum atomic E-state index is -2.27. The van der Waals surface area contributed by atoms with E-state index in [0.717, 1.165) is 5.56 Å². The maximum absolute atomic E-state index is 11.1. The number of benzene rings is 1. The van der Waals surface area contributed by atoms with Crippen LogP contribution in [0.25, 0.3) is 0 Å². The van der Waals surface area contributed by atoms with Crippen LogP contribution < -0.4 is 5.48 Å². The Morgan fingerprint density at radius 2 is 2.07 bits per heavy atom. The fourth-order valence-corrected chi connectivity index (χ4v) is 1.11. The lowest BCUT2D eigenvalue weighted by Gasteiger charge is -2.07. The summed E-state index contributed by atoms with van der Waals surface area (Å²) in [6.45, 7) is 0. The molecule has 0 aliphatic heterocycles. The average Bonchev–Trinajstić information content (AvgIpc) is 2.18. The summed E-state index contributed by atoms with van der Waals surface area (Å²) < 4.78 is 20.2. The molecular weight excluding hydrogens is 218 g/mol. The highest BCUT2D eigenvalue weighted by molar-refractivity contribution is 7.79. The van der Waals surface area contributed by atoms with Gasteiger partial charge in [-0.2, -0.15) is 0 Å². The second-order valence-electron chi connectivity index (χ2n) is 2.73. The van der Waals surface area contributed by atoms with Gasteiger partial charge in [0.25, 0.3) is 0 Å². The molecule has 1 N–H and O–H groups in total. The molecule has 1 rings (SSSR count). The summed E-state index contributed by atoms with van der Waals surface area (Å²) >= 11 is -2.27. The van der Waals surface area contributed by atoms with Gasteiger partial charge in [0.2, 0.25) is 0 Å². The lowest BCUT2D eigenvalue weighted by molar-refractivity contribution is -0.149.